The van der Waals surface area contributed by atoms with E-state index in [2.05, 4.69) is 6.07 Å². The van der Waals surface area contributed by atoms with E-state index in [-0.39, 0.29) is 12.1 Å². The lowest BCUT2D eigenvalue weighted by atomic mass is 9.98. The van der Waals surface area contributed by atoms with E-state index < -0.39 is 0 Å². The van der Waals surface area contributed by atoms with Crippen molar-refractivity contribution in [3.05, 3.63) is 0 Å². The van der Waals surface area contributed by atoms with Crippen molar-refractivity contribution in [2.75, 3.05) is 0 Å². The van der Waals surface area contributed by atoms with E-state index in [0.29, 0.717) is 12.8 Å². The average molecular weight is 251 g/mol. The fraction of sp³-hybridized carbons (Fsp3) is 0.867. The molecule has 3 nitrogen and oxygen atoms in total. The highest BCUT2D eigenvalue weighted by molar-refractivity contribution is 5.69. The maximum absolute atomic E-state index is 11.6. The lowest BCUT2D eigenvalue weighted by molar-refractivity contribution is -0.150. The van der Waals surface area contributed by atoms with Crippen molar-refractivity contribution in [2.24, 2.45) is 0 Å². The summed E-state index contributed by atoms with van der Waals surface area (Å²) < 4.78 is 5.45. The van der Waals surface area contributed by atoms with E-state index >= 15 is 0 Å². The maximum atomic E-state index is 11.6. The normalized spacial score (nSPS) is 16.2. The standard InChI is InChI=1S/C15H25NO2/c16-13-9-4-2-1-3-8-12-15(17)18-14-10-6-5-7-11-14/h14H,1-12H2. The van der Waals surface area contributed by atoms with Crippen molar-refractivity contribution in [1.82, 2.24) is 0 Å². The molecule has 1 fully saturated rings. The minimum Gasteiger partial charge on any atom is -0.462 e. The third-order valence-electron chi connectivity index (χ3n) is 3.52. The van der Waals surface area contributed by atoms with Crippen LogP contribution in [0.2, 0.25) is 0 Å². The Morgan fingerprint density at radius 1 is 1.06 bits per heavy atom. The second-order valence-corrected chi connectivity index (χ2v) is 5.18. The van der Waals surface area contributed by atoms with E-state index in [1.165, 1.54) is 19.3 Å². The molecular formula is C15H25NO2. The van der Waals surface area contributed by atoms with E-state index in [0.717, 1.165) is 44.9 Å². The minimum atomic E-state index is -0.0149. The van der Waals surface area contributed by atoms with Crippen molar-refractivity contribution < 1.29 is 9.53 Å². The van der Waals surface area contributed by atoms with Gasteiger partial charge in [0, 0.05) is 12.8 Å². The van der Waals surface area contributed by atoms with Crippen LogP contribution in [0.5, 0.6) is 0 Å². The Kier molecular flexibility index (Phi) is 8.29. The van der Waals surface area contributed by atoms with Crippen LogP contribution in [0.1, 0.15) is 77.0 Å². The molecule has 1 aliphatic carbocycles. The van der Waals surface area contributed by atoms with E-state index in [9.17, 15) is 4.79 Å². The number of carbonyl (C=O) groups excluding carboxylic acids is 1. The van der Waals surface area contributed by atoms with Crippen LogP contribution < -0.4 is 0 Å². The van der Waals surface area contributed by atoms with Crippen LogP contribution in [0.3, 0.4) is 0 Å². The zero-order chi connectivity index (χ0) is 13.1. The van der Waals surface area contributed by atoms with Crippen LogP contribution in [0.4, 0.5) is 0 Å². The monoisotopic (exact) mass is 251 g/mol. The van der Waals surface area contributed by atoms with Crippen LogP contribution >= 0.6 is 0 Å². The molecule has 0 N–H and O–H groups in total. The van der Waals surface area contributed by atoms with Crippen LogP contribution in [0.15, 0.2) is 0 Å². The largest absolute Gasteiger partial charge is 0.462 e. The molecule has 0 amide bonds. The third-order valence-corrected chi connectivity index (χ3v) is 3.52. The van der Waals surface area contributed by atoms with E-state index in [1.54, 1.807) is 0 Å². The first-order valence-electron chi connectivity index (χ1n) is 7.39. The van der Waals surface area contributed by atoms with Gasteiger partial charge in [0.05, 0.1) is 6.07 Å². The number of unbranched alkanes of at least 4 members (excludes halogenated alkanes) is 5. The Morgan fingerprint density at radius 2 is 1.72 bits per heavy atom. The lowest BCUT2D eigenvalue weighted by Crippen LogP contribution is -2.20. The van der Waals surface area contributed by atoms with Gasteiger partial charge >= 0.3 is 5.97 Å². The first-order chi connectivity index (χ1) is 8.83. The predicted octanol–water partition coefficient (Wildman–Crippen LogP) is 4.12. The molecule has 0 heterocycles. The Hall–Kier alpha value is -1.04. The Bertz CT molecular complexity index is 264. The summed E-state index contributed by atoms with van der Waals surface area (Å²) in [5.41, 5.74) is 0. The smallest absolute Gasteiger partial charge is 0.306 e. The van der Waals surface area contributed by atoms with Crippen LogP contribution in [0, 0.1) is 11.3 Å². The van der Waals surface area contributed by atoms with Gasteiger partial charge in [0.25, 0.3) is 0 Å². The molecule has 0 aliphatic heterocycles. The summed E-state index contributed by atoms with van der Waals surface area (Å²) in [4.78, 5) is 11.6. The summed E-state index contributed by atoms with van der Waals surface area (Å²) in [6.45, 7) is 0. The molecule has 0 aromatic heterocycles. The van der Waals surface area contributed by atoms with Crippen molar-refractivity contribution >= 4 is 5.97 Å². The summed E-state index contributed by atoms with van der Waals surface area (Å²) in [6.07, 6.45) is 12.4. The zero-order valence-corrected chi connectivity index (χ0v) is 11.3. The summed E-state index contributed by atoms with van der Waals surface area (Å²) in [5.74, 6) is -0.0149. The summed E-state index contributed by atoms with van der Waals surface area (Å²) in [5, 5.41) is 8.39. The van der Waals surface area contributed by atoms with Crippen molar-refractivity contribution in [3.8, 4) is 6.07 Å². The van der Waals surface area contributed by atoms with Crippen LogP contribution in [-0.2, 0) is 9.53 Å². The molecule has 1 rings (SSSR count). The summed E-state index contributed by atoms with van der Waals surface area (Å²) in [7, 11) is 0. The number of carbonyl (C=O) groups is 1. The highest BCUT2D eigenvalue weighted by atomic mass is 16.5. The number of esters is 1. The van der Waals surface area contributed by atoms with Crippen molar-refractivity contribution in [3.63, 3.8) is 0 Å². The molecule has 102 valence electrons. The van der Waals surface area contributed by atoms with Crippen LogP contribution in [0.25, 0.3) is 0 Å². The number of hydrogen-bond donors (Lipinski definition) is 0. The van der Waals surface area contributed by atoms with Gasteiger partial charge < -0.3 is 4.74 Å². The fourth-order valence-electron chi connectivity index (χ4n) is 2.43. The van der Waals surface area contributed by atoms with Gasteiger partial charge in [0.15, 0.2) is 0 Å². The quantitative estimate of drug-likeness (QED) is 0.481. The summed E-state index contributed by atoms with van der Waals surface area (Å²) in [6, 6.07) is 2.15. The van der Waals surface area contributed by atoms with Gasteiger partial charge in [0.2, 0.25) is 0 Å². The molecule has 0 saturated heterocycles. The SMILES string of the molecule is N#CCCCCCCCC(=O)OC1CCCCC1. The van der Waals surface area contributed by atoms with Gasteiger partial charge in [-0.1, -0.05) is 25.7 Å². The van der Waals surface area contributed by atoms with Gasteiger partial charge in [-0.2, -0.15) is 5.26 Å². The maximum Gasteiger partial charge on any atom is 0.306 e. The Labute approximate surface area is 111 Å². The molecule has 0 bridgehead atoms. The van der Waals surface area contributed by atoms with E-state index in [4.69, 9.17) is 10.00 Å². The number of ether oxygens (including phenoxy) is 1. The first-order valence-corrected chi connectivity index (χ1v) is 7.39. The van der Waals surface area contributed by atoms with Crippen LogP contribution in [-0.4, -0.2) is 12.1 Å². The topological polar surface area (TPSA) is 50.1 Å². The predicted molar refractivity (Wildman–Crippen MR) is 70.9 cm³/mol. The molecule has 0 unspecified atom stereocenters. The van der Waals surface area contributed by atoms with Crippen molar-refractivity contribution in [2.45, 2.75) is 83.2 Å². The van der Waals surface area contributed by atoms with Gasteiger partial charge in [-0.05, 0) is 38.5 Å². The number of hydrogen-bond acceptors (Lipinski definition) is 3. The molecule has 0 spiro atoms. The zero-order valence-electron chi connectivity index (χ0n) is 11.3. The second-order valence-electron chi connectivity index (χ2n) is 5.18. The molecule has 0 aromatic carbocycles. The number of nitriles is 1. The Balaban J connectivity index is 1.91. The molecule has 1 aliphatic rings. The molecule has 3 heteroatoms. The molecule has 1 saturated carbocycles. The summed E-state index contributed by atoms with van der Waals surface area (Å²) >= 11 is 0. The first kappa shape index (κ1) is 15.0. The Morgan fingerprint density at radius 3 is 2.44 bits per heavy atom. The fourth-order valence-corrected chi connectivity index (χ4v) is 2.43. The highest BCUT2D eigenvalue weighted by Gasteiger charge is 2.17. The molecule has 0 atom stereocenters. The third kappa shape index (κ3) is 7.32. The molecule has 18 heavy (non-hydrogen) atoms. The molecule has 0 radical (unpaired) electrons. The highest BCUT2D eigenvalue weighted by Crippen LogP contribution is 2.21. The average Bonchev–Trinajstić information content (AvgIpc) is 2.39. The van der Waals surface area contributed by atoms with Crippen molar-refractivity contribution in [1.29, 1.82) is 5.26 Å². The van der Waals surface area contributed by atoms with Gasteiger partial charge in [-0.15, -0.1) is 0 Å². The minimum absolute atomic E-state index is 0.0149. The van der Waals surface area contributed by atoms with E-state index in [1.807, 2.05) is 0 Å². The lowest BCUT2D eigenvalue weighted by Gasteiger charge is -2.21. The molecular weight excluding hydrogens is 226 g/mol. The van der Waals surface area contributed by atoms with Gasteiger partial charge in [0.1, 0.15) is 6.10 Å². The second kappa shape index (κ2) is 9.94. The molecule has 0 aromatic rings. The van der Waals surface area contributed by atoms with Gasteiger partial charge in [-0.25, -0.2) is 0 Å². The van der Waals surface area contributed by atoms with Gasteiger partial charge in [-0.3, -0.25) is 4.79 Å². The number of nitrogens with zero attached hydrogens (tertiary/aromatic N) is 1. The number of rotatable bonds is 8.